The van der Waals surface area contributed by atoms with E-state index in [-0.39, 0.29) is 13.5 Å². The second-order valence-electron chi connectivity index (χ2n) is 3.01. The molecule has 0 amide bonds. The van der Waals surface area contributed by atoms with Crippen molar-refractivity contribution in [3.8, 4) is 11.4 Å². The van der Waals surface area contributed by atoms with Crippen LogP contribution in [0.5, 0.6) is 0 Å². The third kappa shape index (κ3) is 1.34. The zero-order valence-corrected chi connectivity index (χ0v) is 7.67. The second-order valence-corrected chi connectivity index (χ2v) is 3.01. The number of rotatable bonds is 3. The molecule has 2 heterocycles. The largest absolute Gasteiger partial charge is 0.376 e. The summed E-state index contributed by atoms with van der Waals surface area (Å²) in [5.41, 5.74) is 1.79. The minimum atomic E-state index is -0.0566. The molecule has 4 heteroatoms. The van der Waals surface area contributed by atoms with Crippen molar-refractivity contribution in [2.75, 3.05) is 0 Å². The summed E-state index contributed by atoms with van der Waals surface area (Å²) < 4.78 is 3.42. The molecule has 0 saturated carbocycles. The van der Waals surface area contributed by atoms with Crippen molar-refractivity contribution in [1.29, 1.82) is 0 Å². The first-order valence-corrected chi connectivity index (χ1v) is 4.39. The molecule has 0 aliphatic rings. The molecule has 2 rings (SSSR count). The van der Waals surface area contributed by atoms with Crippen LogP contribution in [0.4, 0.5) is 0 Å². The fraction of sp³-hybridized carbons (Fsp3) is 0.200. The lowest BCUT2D eigenvalue weighted by Gasteiger charge is -2.08. The quantitative estimate of drug-likeness (QED) is 0.757. The lowest BCUT2D eigenvalue weighted by molar-refractivity contribution is 0.206. The van der Waals surface area contributed by atoms with Crippen molar-refractivity contribution in [3.63, 3.8) is 0 Å². The Balaban J connectivity index is 2.48. The first-order valence-electron chi connectivity index (χ1n) is 4.39. The molecule has 74 valence electrons. The highest BCUT2D eigenvalue weighted by molar-refractivity contribution is 5.56. The fourth-order valence-electron chi connectivity index (χ4n) is 1.54. The molecule has 0 aliphatic carbocycles. The summed E-state index contributed by atoms with van der Waals surface area (Å²) in [6, 6.07) is 7.52. The maximum atomic E-state index is 9.06. The van der Waals surface area contributed by atoms with Gasteiger partial charge in [-0.3, -0.25) is 0 Å². The molecule has 0 saturated heterocycles. The normalized spacial score (nSPS) is 10.7. The Morgan fingerprint density at radius 1 is 0.857 bits per heavy atom. The van der Waals surface area contributed by atoms with Crippen molar-refractivity contribution in [2.45, 2.75) is 13.5 Å². The van der Waals surface area contributed by atoms with Gasteiger partial charge < -0.3 is 19.3 Å². The number of nitrogens with zero attached hydrogens (tertiary/aromatic N) is 2. The molecule has 2 aromatic rings. The number of aliphatic hydroxyl groups excluding tert-OH is 2. The molecule has 2 N–H and O–H groups in total. The van der Waals surface area contributed by atoms with Gasteiger partial charge in [-0.2, -0.15) is 0 Å². The van der Waals surface area contributed by atoms with Crippen molar-refractivity contribution in [3.05, 3.63) is 36.7 Å². The lowest BCUT2D eigenvalue weighted by atomic mass is 10.3. The average molecular weight is 192 g/mol. The molecular weight excluding hydrogens is 180 g/mol. The molecule has 0 fully saturated rings. The summed E-state index contributed by atoms with van der Waals surface area (Å²) in [5.74, 6) is 0. The van der Waals surface area contributed by atoms with Crippen LogP contribution in [0.2, 0.25) is 0 Å². The van der Waals surface area contributed by atoms with Crippen LogP contribution in [-0.4, -0.2) is 19.3 Å². The third-order valence-electron chi connectivity index (χ3n) is 2.23. The lowest BCUT2D eigenvalue weighted by Crippen LogP contribution is -2.02. The Morgan fingerprint density at radius 3 is 1.64 bits per heavy atom. The van der Waals surface area contributed by atoms with E-state index in [0.29, 0.717) is 0 Å². The highest BCUT2D eigenvalue weighted by atomic mass is 16.3. The Hall–Kier alpha value is -1.52. The topological polar surface area (TPSA) is 50.3 Å². The van der Waals surface area contributed by atoms with E-state index in [1.165, 1.54) is 0 Å². The first kappa shape index (κ1) is 9.05. The van der Waals surface area contributed by atoms with Crippen molar-refractivity contribution < 1.29 is 10.2 Å². The van der Waals surface area contributed by atoms with Crippen LogP contribution < -0.4 is 0 Å². The smallest absolute Gasteiger partial charge is 0.119 e. The van der Waals surface area contributed by atoms with Crippen LogP contribution in [-0.2, 0) is 13.5 Å². The molecule has 0 radical (unpaired) electrons. The Morgan fingerprint density at radius 2 is 1.29 bits per heavy atom. The first-order chi connectivity index (χ1) is 6.86. The number of aliphatic hydroxyl groups is 2. The average Bonchev–Trinajstić information content (AvgIpc) is 2.85. The van der Waals surface area contributed by atoms with Gasteiger partial charge in [0.25, 0.3) is 0 Å². The van der Waals surface area contributed by atoms with Gasteiger partial charge in [-0.15, -0.1) is 0 Å². The van der Waals surface area contributed by atoms with Crippen LogP contribution >= 0.6 is 0 Å². The highest BCUT2D eigenvalue weighted by Crippen LogP contribution is 2.20. The van der Waals surface area contributed by atoms with Gasteiger partial charge in [0.05, 0.1) is 11.4 Å². The van der Waals surface area contributed by atoms with Crippen LogP contribution in [0.25, 0.3) is 11.4 Å². The fourth-order valence-corrected chi connectivity index (χ4v) is 1.54. The highest BCUT2D eigenvalue weighted by Gasteiger charge is 2.06. The van der Waals surface area contributed by atoms with Gasteiger partial charge in [0.2, 0.25) is 0 Å². The third-order valence-corrected chi connectivity index (χ3v) is 2.23. The van der Waals surface area contributed by atoms with Crippen LogP contribution in [0, 0.1) is 0 Å². The zero-order valence-electron chi connectivity index (χ0n) is 7.67. The van der Waals surface area contributed by atoms with E-state index in [9.17, 15) is 0 Å². The van der Waals surface area contributed by atoms with Crippen LogP contribution in [0.3, 0.4) is 0 Å². The van der Waals surface area contributed by atoms with Crippen LogP contribution in [0.1, 0.15) is 0 Å². The zero-order chi connectivity index (χ0) is 9.97. The van der Waals surface area contributed by atoms with E-state index in [2.05, 4.69) is 0 Å². The van der Waals surface area contributed by atoms with Gasteiger partial charge in [0.15, 0.2) is 0 Å². The van der Waals surface area contributed by atoms with Crippen LogP contribution in [0.15, 0.2) is 36.7 Å². The summed E-state index contributed by atoms with van der Waals surface area (Å²) in [6.07, 6.45) is 3.59. The van der Waals surface area contributed by atoms with Gasteiger partial charge in [-0.05, 0) is 24.3 Å². The van der Waals surface area contributed by atoms with Gasteiger partial charge in [0, 0.05) is 12.4 Å². The molecule has 0 unspecified atom stereocenters. The van der Waals surface area contributed by atoms with E-state index in [4.69, 9.17) is 10.2 Å². The molecular formula is C10H12N2O2. The molecule has 2 aromatic heterocycles. The molecule has 0 spiro atoms. The van der Waals surface area contributed by atoms with E-state index >= 15 is 0 Å². The molecule has 0 atom stereocenters. The SMILES string of the molecule is OCn1cccc1-c1cccn1CO. The standard InChI is InChI=1S/C10H12N2O2/c13-7-11-5-1-3-9(11)10-4-2-6-12(10)8-14/h1-6,13-14H,7-8H2. The van der Waals surface area contributed by atoms with Gasteiger partial charge in [0.1, 0.15) is 13.5 Å². The number of hydrogen-bond acceptors (Lipinski definition) is 2. The summed E-state index contributed by atoms with van der Waals surface area (Å²) >= 11 is 0. The van der Waals surface area contributed by atoms with Gasteiger partial charge >= 0.3 is 0 Å². The van der Waals surface area contributed by atoms with Gasteiger partial charge in [-0.1, -0.05) is 0 Å². The Labute approximate surface area is 81.6 Å². The minimum absolute atomic E-state index is 0.0566. The van der Waals surface area contributed by atoms with Crippen molar-refractivity contribution >= 4 is 0 Å². The molecule has 14 heavy (non-hydrogen) atoms. The summed E-state index contributed by atoms with van der Waals surface area (Å²) in [7, 11) is 0. The summed E-state index contributed by atoms with van der Waals surface area (Å²) in [6.45, 7) is -0.113. The second kappa shape index (κ2) is 3.69. The van der Waals surface area contributed by atoms with E-state index in [1.54, 1.807) is 21.5 Å². The predicted octanol–water partition coefficient (Wildman–Crippen LogP) is 0.856. The molecule has 4 nitrogen and oxygen atoms in total. The molecule has 0 aromatic carbocycles. The molecule has 0 bridgehead atoms. The van der Waals surface area contributed by atoms with E-state index in [1.807, 2.05) is 24.3 Å². The Kier molecular flexibility index (Phi) is 2.39. The van der Waals surface area contributed by atoms with E-state index in [0.717, 1.165) is 11.4 Å². The summed E-state index contributed by atoms with van der Waals surface area (Å²) in [4.78, 5) is 0. The minimum Gasteiger partial charge on any atom is -0.376 e. The van der Waals surface area contributed by atoms with Gasteiger partial charge in [-0.25, -0.2) is 0 Å². The van der Waals surface area contributed by atoms with Crippen molar-refractivity contribution in [2.24, 2.45) is 0 Å². The monoisotopic (exact) mass is 192 g/mol. The maximum absolute atomic E-state index is 9.06. The number of hydrogen-bond donors (Lipinski definition) is 2. The maximum Gasteiger partial charge on any atom is 0.119 e. The Bertz CT molecular complexity index is 377. The summed E-state index contributed by atoms with van der Waals surface area (Å²) in [5, 5.41) is 18.1. The molecule has 0 aliphatic heterocycles. The van der Waals surface area contributed by atoms with Crippen molar-refractivity contribution in [1.82, 2.24) is 9.13 Å². The number of aromatic nitrogens is 2. The van der Waals surface area contributed by atoms with E-state index < -0.39 is 0 Å². The predicted molar refractivity (Wildman–Crippen MR) is 52.3 cm³/mol.